The lowest BCUT2D eigenvalue weighted by molar-refractivity contribution is 0.0600. The molecule has 1 heterocycles. The number of ether oxygens (including phenoxy) is 2. The molecule has 0 saturated heterocycles. The van der Waals surface area contributed by atoms with Crippen LogP contribution in [0.5, 0.6) is 0 Å². The van der Waals surface area contributed by atoms with Gasteiger partial charge in [0.15, 0.2) is 0 Å². The minimum Gasteiger partial charge on any atom is -0.465 e. The van der Waals surface area contributed by atoms with Crippen LogP contribution in [-0.2, 0) is 9.47 Å². The zero-order valence-corrected chi connectivity index (χ0v) is 16.5. The number of nitrogens with zero attached hydrogens (tertiary/aromatic N) is 2. The van der Waals surface area contributed by atoms with Gasteiger partial charge in [-0.05, 0) is 24.5 Å². The first-order valence-corrected chi connectivity index (χ1v) is 9.10. The van der Waals surface area contributed by atoms with E-state index in [-0.39, 0.29) is 10.6 Å². The average Bonchev–Trinajstić information content (AvgIpc) is 2.67. The van der Waals surface area contributed by atoms with E-state index in [0.717, 1.165) is 17.7 Å². The molecule has 0 atom stereocenters. The molecule has 1 aromatic carbocycles. The van der Waals surface area contributed by atoms with Crippen LogP contribution in [0.3, 0.4) is 0 Å². The minimum atomic E-state index is -0.556. The Balaban J connectivity index is 2.12. The van der Waals surface area contributed by atoms with E-state index in [2.05, 4.69) is 24.3 Å². The predicted octanol–water partition coefficient (Wildman–Crippen LogP) is 3.15. The first-order chi connectivity index (χ1) is 13.0. The molecule has 0 bridgehead atoms. The number of methoxy groups -OCH3 is 1. The standard InChI is InChI=1S/C19H24ClN3O4/c1-13(2)12-27-10-6-9-21-15-11-22-23(18(24)17(15)20)16-8-5-4-7-14(16)19(25)26-3/h4-5,7-8,11,13,21H,6,9-10,12H2,1-3H3. The van der Waals surface area contributed by atoms with Crippen LogP contribution in [0.4, 0.5) is 5.69 Å². The molecule has 27 heavy (non-hydrogen) atoms. The molecule has 0 unspecified atom stereocenters. The van der Waals surface area contributed by atoms with Gasteiger partial charge in [-0.1, -0.05) is 37.6 Å². The number of hydrogen-bond acceptors (Lipinski definition) is 6. The zero-order chi connectivity index (χ0) is 19.8. The van der Waals surface area contributed by atoms with Crippen molar-refractivity contribution >= 4 is 23.3 Å². The molecule has 7 nitrogen and oxygen atoms in total. The van der Waals surface area contributed by atoms with Crippen LogP contribution >= 0.6 is 11.6 Å². The number of para-hydroxylation sites is 1. The van der Waals surface area contributed by atoms with Gasteiger partial charge < -0.3 is 14.8 Å². The van der Waals surface area contributed by atoms with Crippen molar-refractivity contribution in [1.29, 1.82) is 0 Å². The number of nitrogens with one attached hydrogen (secondary N) is 1. The third-order valence-electron chi connectivity index (χ3n) is 3.69. The Kier molecular flexibility index (Phi) is 7.82. The van der Waals surface area contributed by atoms with E-state index in [1.54, 1.807) is 24.3 Å². The molecule has 0 spiro atoms. The van der Waals surface area contributed by atoms with Gasteiger partial charge in [-0.3, -0.25) is 4.79 Å². The second-order valence-electron chi connectivity index (χ2n) is 6.35. The monoisotopic (exact) mass is 393 g/mol. The molecule has 0 aliphatic rings. The lowest BCUT2D eigenvalue weighted by Crippen LogP contribution is -2.25. The SMILES string of the molecule is COC(=O)c1ccccc1-n1ncc(NCCCOCC(C)C)c(Cl)c1=O. The molecule has 8 heteroatoms. The Hall–Kier alpha value is -2.38. The quantitative estimate of drug-likeness (QED) is 0.520. The van der Waals surface area contributed by atoms with Crippen LogP contribution in [-0.4, -0.2) is 42.6 Å². The highest BCUT2D eigenvalue weighted by Crippen LogP contribution is 2.18. The summed E-state index contributed by atoms with van der Waals surface area (Å²) in [6, 6.07) is 6.55. The fourth-order valence-electron chi connectivity index (χ4n) is 2.38. The van der Waals surface area contributed by atoms with Gasteiger partial charge in [0.2, 0.25) is 0 Å². The Morgan fingerprint density at radius 2 is 2.07 bits per heavy atom. The van der Waals surface area contributed by atoms with Crippen molar-refractivity contribution in [2.24, 2.45) is 5.92 Å². The molecule has 0 saturated carbocycles. The maximum atomic E-state index is 12.6. The van der Waals surface area contributed by atoms with Gasteiger partial charge in [0.1, 0.15) is 5.02 Å². The van der Waals surface area contributed by atoms with Crippen LogP contribution < -0.4 is 10.9 Å². The van der Waals surface area contributed by atoms with Crippen molar-refractivity contribution in [3.05, 3.63) is 51.4 Å². The molecule has 146 valence electrons. The maximum Gasteiger partial charge on any atom is 0.340 e. The third-order valence-corrected chi connectivity index (χ3v) is 4.05. The minimum absolute atomic E-state index is 0.00719. The highest BCUT2D eigenvalue weighted by atomic mass is 35.5. The van der Waals surface area contributed by atoms with E-state index in [4.69, 9.17) is 21.1 Å². The summed E-state index contributed by atoms with van der Waals surface area (Å²) in [7, 11) is 1.28. The van der Waals surface area contributed by atoms with E-state index in [1.165, 1.54) is 13.3 Å². The Morgan fingerprint density at radius 3 is 2.78 bits per heavy atom. The molecular weight excluding hydrogens is 370 g/mol. The van der Waals surface area contributed by atoms with Gasteiger partial charge >= 0.3 is 5.97 Å². The van der Waals surface area contributed by atoms with Crippen molar-refractivity contribution < 1.29 is 14.3 Å². The molecule has 2 rings (SSSR count). The average molecular weight is 394 g/mol. The topological polar surface area (TPSA) is 82.5 Å². The van der Waals surface area contributed by atoms with Crippen LogP contribution in [0.2, 0.25) is 5.02 Å². The van der Waals surface area contributed by atoms with E-state index in [0.29, 0.717) is 30.4 Å². The highest BCUT2D eigenvalue weighted by molar-refractivity contribution is 6.32. The second-order valence-corrected chi connectivity index (χ2v) is 6.72. The molecule has 1 aromatic heterocycles. The van der Waals surface area contributed by atoms with E-state index < -0.39 is 11.5 Å². The maximum absolute atomic E-state index is 12.6. The van der Waals surface area contributed by atoms with Crippen molar-refractivity contribution in [3.63, 3.8) is 0 Å². The first-order valence-electron chi connectivity index (χ1n) is 8.72. The normalized spacial score (nSPS) is 10.9. The van der Waals surface area contributed by atoms with E-state index in [1.807, 2.05) is 0 Å². The van der Waals surface area contributed by atoms with Crippen molar-refractivity contribution in [2.75, 3.05) is 32.2 Å². The predicted molar refractivity (Wildman–Crippen MR) is 105 cm³/mol. The smallest absolute Gasteiger partial charge is 0.340 e. The Bertz CT molecular complexity index is 836. The van der Waals surface area contributed by atoms with Gasteiger partial charge in [0.05, 0.1) is 30.2 Å². The summed E-state index contributed by atoms with van der Waals surface area (Å²) in [5.41, 5.74) is 0.463. The van der Waals surface area contributed by atoms with Crippen LogP contribution in [0.25, 0.3) is 5.69 Å². The molecule has 2 aromatic rings. The number of rotatable bonds is 9. The zero-order valence-electron chi connectivity index (χ0n) is 15.7. The van der Waals surface area contributed by atoms with Crippen molar-refractivity contribution in [1.82, 2.24) is 9.78 Å². The largest absolute Gasteiger partial charge is 0.465 e. The molecule has 0 amide bonds. The lowest BCUT2D eigenvalue weighted by atomic mass is 10.2. The third kappa shape index (κ3) is 5.55. The van der Waals surface area contributed by atoms with E-state index >= 15 is 0 Å². The summed E-state index contributed by atoms with van der Waals surface area (Å²) in [5.74, 6) is -0.0592. The van der Waals surface area contributed by atoms with Crippen LogP contribution in [0.1, 0.15) is 30.6 Å². The van der Waals surface area contributed by atoms with Gasteiger partial charge in [0.25, 0.3) is 5.56 Å². The number of carbonyl (C=O) groups excluding carboxylic acids is 1. The molecule has 0 aliphatic carbocycles. The van der Waals surface area contributed by atoms with Crippen LogP contribution in [0, 0.1) is 5.92 Å². The molecular formula is C19H24ClN3O4. The Labute approximate surface area is 163 Å². The molecule has 0 radical (unpaired) electrons. The molecule has 0 aliphatic heterocycles. The molecule has 1 N–H and O–H groups in total. The van der Waals surface area contributed by atoms with E-state index in [9.17, 15) is 9.59 Å². The fraction of sp³-hybridized carbons (Fsp3) is 0.421. The lowest BCUT2D eigenvalue weighted by Gasteiger charge is -2.12. The number of benzene rings is 1. The fourth-order valence-corrected chi connectivity index (χ4v) is 2.58. The number of aromatic nitrogens is 2. The number of carbonyl (C=O) groups is 1. The summed E-state index contributed by atoms with van der Waals surface area (Å²) in [6.45, 7) is 6.13. The summed E-state index contributed by atoms with van der Waals surface area (Å²) in [4.78, 5) is 24.5. The number of halogens is 1. The highest BCUT2D eigenvalue weighted by Gasteiger charge is 2.17. The summed E-state index contributed by atoms with van der Waals surface area (Å²) < 4.78 is 11.4. The van der Waals surface area contributed by atoms with Gasteiger partial charge in [0, 0.05) is 19.8 Å². The molecule has 0 fully saturated rings. The van der Waals surface area contributed by atoms with Crippen molar-refractivity contribution in [2.45, 2.75) is 20.3 Å². The Morgan fingerprint density at radius 1 is 1.33 bits per heavy atom. The second kappa shape index (κ2) is 10.1. The number of anilines is 1. The van der Waals surface area contributed by atoms with Crippen molar-refractivity contribution in [3.8, 4) is 5.69 Å². The first kappa shape index (κ1) is 20.9. The van der Waals surface area contributed by atoms with Crippen LogP contribution in [0.15, 0.2) is 35.3 Å². The van der Waals surface area contributed by atoms with Gasteiger partial charge in [-0.2, -0.15) is 9.78 Å². The number of esters is 1. The summed E-state index contributed by atoms with van der Waals surface area (Å²) in [6.07, 6.45) is 2.24. The summed E-state index contributed by atoms with van der Waals surface area (Å²) in [5, 5.41) is 7.24. The number of hydrogen-bond donors (Lipinski definition) is 1. The van der Waals surface area contributed by atoms with Gasteiger partial charge in [-0.15, -0.1) is 0 Å². The van der Waals surface area contributed by atoms with Gasteiger partial charge in [-0.25, -0.2) is 4.79 Å². The summed E-state index contributed by atoms with van der Waals surface area (Å²) >= 11 is 6.21.